The highest BCUT2D eigenvalue weighted by Gasteiger charge is 2.33. The number of anilines is 1. The van der Waals surface area contributed by atoms with E-state index in [2.05, 4.69) is 15.4 Å². The molecule has 14 heteroatoms. The summed E-state index contributed by atoms with van der Waals surface area (Å²) < 4.78 is 70.3. The molecular formula is C31H39F3N4O6S. The number of nitrogen functional groups attached to an aromatic ring is 1. The average molecular weight is 653 g/mol. The molecule has 45 heavy (non-hydrogen) atoms. The molecule has 3 rings (SSSR count). The fourth-order valence-corrected chi connectivity index (χ4v) is 6.62. The van der Waals surface area contributed by atoms with Gasteiger partial charge in [0.05, 0.1) is 11.5 Å². The van der Waals surface area contributed by atoms with E-state index in [4.69, 9.17) is 5.73 Å². The van der Waals surface area contributed by atoms with E-state index in [0.29, 0.717) is 11.3 Å². The molecule has 2 amide bonds. The highest BCUT2D eigenvalue weighted by molar-refractivity contribution is 7.89. The topological polar surface area (TPSA) is 151 Å². The monoisotopic (exact) mass is 652 g/mol. The molecule has 0 bridgehead atoms. The maximum Gasteiger partial charge on any atom is 0.422 e. The average Bonchev–Trinajstić information content (AvgIpc) is 2.98. The van der Waals surface area contributed by atoms with Gasteiger partial charge < -0.3 is 26.2 Å². The van der Waals surface area contributed by atoms with Gasteiger partial charge in [0, 0.05) is 31.2 Å². The minimum Gasteiger partial charge on any atom is -0.440 e. The molecule has 0 aliphatic heterocycles. The van der Waals surface area contributed by atoms with Crippen molar-refractivity contribution in [3.8, 4) is 0 Å². The zero-order valence-corrected chi connectivity index (χ0v) is 25.9. The Kier molecular flexibility index (Phi) is 12.6. The molecule has 3 aromatic rings. The number of carbonyl (C=O) groups excluding carboxylic acids is 2. The van der Waals surface area contributed by atoms with Gasteiger partial charge in [0.2, 0.25) is 15.9 Å². The maximum absolute atomic E-state index is 13.5. The van der Waals surface area contributed by atoms with Gasteiger partial charge >= 0.3 is 12.3 Å². The van der Waals surface area contributed by atoms with E-state index in [-0.39, 0.29) is 43.2 Å². The number of sulfonamides is 1. The van der Waals surface area contributed by atoms with Crippen molar-refractivity contribution in [1.82, 2.24) is 14.9 Å². The number of rotatable bonds is 15. The van der Waals surface area contributed by atoms with Gasteiger partial charge in [-0.3, -0.25) is 4.79 Å². The number of ether oxygens (including phenoxy) is 1. The number of hydrogen-bond donors (Lipinski definition) is 4. The van der Waals surface area contributed by atoms with Crippen LogP contribution in [-0.4, -0.2) is 74.4 Å². The Labute approximate surface area is 260 Å². The molecule has 0 saturated heterocycles. The van der Waals surface area contributed by atoms with Crippen LogP contribution in [0.25, 0.3) is 10.8 Å². The van der Waals surface area contributed by atoms with Crippen molar-refractivity contribution in [2.75, 3.05) is 32.0 Å². The van der Waals surface area contributed by atoms with E-state index in [1.807, 2.05) is 38.1 Å². The summed E-state index contributed by atoms with van der Waals surface area (Å²) in [6.07, 6.45) is -5.73. The highest BCUT2D eigenvalue weighted by atomic mass is 32.2. The number of aliphatic hydroxyl groups excluding tert-OH is 1. The number of nitrogens with two attached hydrogens (primary N) is 1. The third-order valence-electron chi connectivity index (χ3n) is 6.94. The summed E-state index contributed by atoms with van der Waals surface area (Å²) in [6.45, 7) is 1.60. The normalized spacial score (nSPS) is 13.5. The maximum atomic E-state index is 13.5. The van der Waals surface area contributed by atoms with Crippen molar-refractivity contribution < 1.29 is 41.0 Å². The first-order chi connectivity index (χ1) is 21.2. The first-order valence-corrected chi connectivity index (χ1v) is 15.9. The van der Waals surface area contributed by atoms with E-state index in [0.717, 1.165) is 10.8 Å². The number of nitrogens with zero attached hydrogens (tertiary/aromatic N) is 1. The molecule has 0 saturated carbocycles. The van der Waals surface area contributed by atoms with E-state index >= 15 is 0 Å². The summed E-state index contributed by atoms with van der Waals surface area (Å²) in [5, 5.41) is 16.8. The van der Waals surface area contributed by atoms with E-state index in [9.17, 15) is 36.3 Å². The Morgan fingerprint density at radius 2 is 1.69 bits per heavy atom. The summed E-state index contributed by atoms with van der Waals surface area (Å²) in [6, 6.07) is 16.4. The van der Waals surface area contributed by atoms with Gasteiger partial charge in [0.25, 0.3) is 0 Å². The van der Waals surface area contributed by atoms with Gasteiger partial charge in [0.15, 0.2) is 6.61 Å². The summed E-state index contributed by atoms with van der Waals surface area (Å²) in [5.41, 5.74) is 6.79. The van der Waals surface area contributed by atoms with E-state index in [1.54, 1.807) is 18.2 Å². The predicted octanol–water partition coefficient (Wildman–Crippen LogP) is 4.23. The molecule has 10 nitrogen and oxygen atoms in total. The van der Waals surface area contributed by atoms with Crippen molar-refractivity contribution in [1.29, 1.82) is 0 Å². The molecule has 2 unspecified atom stereocenters. The number of alkyl carbamates (subject to hydrolysis) is 1. The number of amides is 2. The van der Waals surface area contributed by atoms with Gasteiger partial charge in [-0.2, -0.15) is 17.5 Å². The first kappa shape index (κ1) is 35.6. The third-order valence-corrected chi connectivity index (χ3v) is 8.88. The van der Waals surface area contributed by atoms with Crippen LogP contribution in [0, 0.1) is 5.92 Å². The molecule has 5 N–H and O–H groups in total. The minimum atomic E-state index is -4.74. The molecule has 2 atom stereocenters. The van der Waals surface area contributed by atoms with Crippen molar-refractivity contribution >= 4 is 38.5 Å². The Morgan fingerprint density at radius 3 is 2.33 bits per heavy atom. The second-order valence-corrected chi connectivity index (χ2v) is 12.9. The molecule has 0 aromatic heterocycles. The Balaban J connectivity index is 1.71. The number of halogens is 3. The van der Waals surface area contributed by atoms with Crippen molar-refractivity contribution in [3.05, 3.63) is 72.3 Å². The standard InChI is InChI=1S/C31H39F3N4O6S/c1-21(2)18-38(45(42,43)26-14-12-24(35)13-15-26)25(19-39)10-6-16-36-29(40)28(37-30(41)44-20-31(32,33)34)17-23-9-5-8-22-7-3-4-11-27(22)23/h3-5,7-9,11-15,21,25,28,39H,6,10,16-20,35H2,1-2H3,(H,36,40)(H,37,41). The summed E-state index contributed by atoms with van der Waals surface area (Å²) in [7, 11) is -3.98. The molecule has 0 aliphatic rings. The quantitative estimate of drug-likeness (QED) is 0.142. The van der Waals surface area contributed by atoms with Crippen LogP contribution in [0.15, 0.2) is 71.6 Å². The second kappa shape index (κ2) is 15.9. The van der Waals surface area contributed by atoms with Crippen molar-refractivity contribution in [2.24, 2.45) is 5.92 Å². The smallest absolute Gasteiger partial charge is 0.422 e. The first-order valence-electron chi connectivity index (χ1n) is 14.4. The minimum absolute atomic E-state index is 0.0314. The Bertz CT molecular complexity index is 1530. The van der Waals surface area contributed by atoms with Crippen LogP contribution in [0.3, 0.4) is 0 Å². The molecule has 0 aliphatic carbocycles. The predicted molar refractivity (Wildman–Crippen MR) is 165 cm³/mol. The summed E-state index contributed by atoms with van der Waals surface area (Å²) >= 11 is 0. The third kappa shape index (κ3) is 10.6. The van der Waals surface area contributed by atoms with E-state index < -0.39 is 53.5 Å². The zero-order valence-electron chi connectivity index (χ0n) is 25.1. The summed E-state index contributed by atoms with van der Waals surface area (Å²) in [5.74, 6) is -0.721. The van der Waals surface area contributed by atoms with Gasteiger partial charge in [-0.15, -0.1) is 0 Å². The largest absolute Gasteiger partial charge is 0.440 e. The number of nitrogens with one attached hydrogen (secondary N) is 2. The molecule has 0 radical (unpaired) electrons. The Hall–Kier alpha value is -3.88. The van der Waals surface area contributed by atoms with Gasteiger partial charge in [-0.25, -0.2) is 13.2 Å². The molecule has 0 fully saturated rings. The Morgan fingerprint density at radius 1 is 1.02 bits per heavy atom. The number of hydrogen-bond acceptors (Lipinski definition) is 7. The SMILES string of the molecule is CC(C)CN(C(CO)CCCNC(=O)C(Cc1cccc2ccccc12)NC(=O)OCC(F)(F)F)S(=O)(=O)c1ccc(N)cc1. The van der Waals surface area contributed by atoms with Crippen LogP contribution in [-0.2, 0) is 26.0 Å². The molecular weight excluding hydrogens is 613 g/mol. The molecule has 246 valence electrons. The van der Waals surface area contributed by atoms with Gasteiger partial charge in [-0.1, -0.05) is 56.3 Å². The fourth-order valence-electron chi connectivity index (χ4n) is 4.81. The van der Waals surface area contributed by atoms with Crippen LogP contribution < -0.4 is 16.4 Å². The lowest BCUT2D eigenvalue weighted by Crippen LogP contribution is -2.49. The zero-order chi connectivity index (χ0) is 33.2. The van der Waals surface area contributed by atoms with Crippen LogP contribution in [0.4, 0.5) is 23.7 Å². The number of fused-ring (bicyclic) bond motifs is 1. The van der Waals surface area contributed by atoms with Gasteiger partial charge in [0.1, 0.15) is 6.04 Å². The van der Waals surface area contributed by atoms with Gasteiger partial charge in [-0.05, 0) is 59.4 Å². The van der Waals surface area contributed by atoms with E-state index in [1.165, 1.54) is 28.6 Å². The number of benzene rings is 3. The number of carbonyl (C=O) groups is 2. The lowest BCUT2D eigenvalue weighted by Gasteiger charge is -2.31. The molecule has 0 heterocycles. The van der Waals surface area contributed by atoms with Crippen LogP contribution in [0.2, 0.25) is 0 Å². The summed E-state index contributed by atoms with van der Waals surface area (Å²) in [4.78, 5) is 25.4. The number of aliphatic hydroxyl groups is 1. The van der Waals surface area contributed by atoms with Crippen LogP contribution in [0.5, 0.6) is 0 Å². The van der Waals surface area contributed by atoms with Crippen LogP contribution in [0.1, 0.15) is 32.3 Å². The fraction of sp³-hybridized carbons (Fsp3) is 0.419. The van der Waals surface area contributed by atoms with Crippen molar-refractivity contribution in [2.45, 2.75) is 56.3 Å². The number of alkyl halides is 3. The highest BCUT2D eigenvalue weighted by Crippen LogP contribution is 2.24. The van der Waals surface area contributed by atoms with Crippen LogP contribution >= 0.6 is 0 Å². The lowest BCUT2D eigenvalue weighted by atomic mass is 9.98. The lowest BCUT2D eigenvalue weighted by molar-refractivity contribution is -0.160. The molecule has 3 aromatic carbocycles. The second-order valence-electron chi connectivity index (χ2n) is 11.0. The molecule has 0 spiro atoms. The van der Waals surface area contributed by atoms with Crippen molar-refractivity contribution in [3.63, 3.8) is 0 Å².